The summed E-state index contributed by atoms with van der Waals surface area (Å²) in [5, 5.41) is 8.57. The summed E-state index contributed by atoms with van der Waals surface area (Å²) in [6, 6.07) is 0. The van der Waals surface area contributed by atoms with Gasteiger partial charge in [-0.25, -0.2) is 4.98 Å². The van der Waals surface area contributed by atoms with E-state index in [4.69, 9.17) is 5.11 Å². The number of fused-ring (bicyclic) bond motifs is 1. The lowest BCUT2D eigenvalue weighted by Gasteiger charge is -2.02. The molecular weight excluding hydrogens is 156 g/mol. The molecule has 4 heteroatoms. The fraction of sp³-hybridized carbons (Fsp3) is 0.500. The van der Waals surface area contributed by atoms with Gasteiger partial charge in [-0.15, -0.1) is 0 Å². The molecule has 0 saturated carbocycles. The molecule has 0 saturated heterocycles. The van der Waals surface area contributed by atoms with Crippen molar-refractivity contribution in [2.24, 2.45) is 5.92 Å². The second-order valence-electron chi connectivity index (χ2n) is 3.21. The fourth-order valence-corrected chi connectivity index (χ4v) is 1.70. The molecule has 1 aromatic heterocycles. The van der Waals surface area contributed by atoms with Crippen LogP contribution in [-0.2, 0) is 17.8 Å². The lowest BCUT2D eigenvalue weighted by atomic mass is 10.0. The van der Waals surface area contributed by atoms with Crippen molar-refractivity contribution in [1.82, 2.24) is 9.55 Å². The zero-order chi connectivity index (χ0) is 8.55. The van der Waals surface area contributed by atoms with E-state index in [0.717, 1.165) is 18.7 Å². The van der Waals surface area contributed by atoms with Gasteiger partial charge in [0.15, 0.2) is 0 Å². The number of aromatic nitrogens is 2. The van der Waals surface area contributed by atoms with E-state index in [2.05, 4.69) is 4.98 Å². The molecule has 0 amide bonds. The lowest BCUT2D eigenvalue weighted by Crippen LogP contribution is -2.08. The number of carbonyl (C=O) groups is 1. The van der Waals surface area contributed by atoms with Crippen LogP contribution in [0.5, 0.6) is 0 Å². The van der Waals surface area contributed by atoms with Crippen molar-refractivity contribution in [3.05, 3.63) is 18.2 Å². The van der Waals surface area contributed by atoms with Gasteiger partial charge in [-0.2, -0.15) is 0 Å². The van der Waals surface area contributed by atoms with Crippen LogP contribution < -0.4 is 0 Å². The molecule has 4 nitrogen and oxygen atoms in total. The second-order valence-corrected chi connectivity index (χ2v) is 3.21. The van der Waals surface area contributed by atoms with Crippen LogP contribution in [0.3, 0.4) is 0 Å². The Kier molecular flexibility index (Phi) is 1.60. The van der Waals surface area contributed by atoms with Gasteiger partial charge in [0.25, 0.3) is 0 Å². The molecule has 1 unspecified atom stereocenters. The van der Waals surface area contributed by atoms with Gasteiger partial charge >= 0.3 is 5.97 Å². The number of hydrogen-bond acceptors (Lipinski definition) is 2. The first-order chi connectivity index (χ1) is 5.75. The average molecular weight is 166 g/mol. The zero-order valence-electron chi connectivity index (χ0n) is 6.60. The molecule has 1 atom stereocenters. The molecule has 2 rings (SSSR count). The van der Waals surface area contributed by atoms with Gasteiger partial charge < -0.3 is 9.67 Å². The van der Waals surface area contributed by atoms with E-state index in [0.29, 0.717) is 0 Å². The maximum Gasteiger partial charge on any atom is 0.303 e. The Hall–Kier alpha value is -1.32. The average Bonchev–Trinajstić information content (AvgIpc) is 2.43. The topological polar surface area (TPSA) is 55.1 Å². The van der Waals surface area contributed by atoms with Crippen LogP contribution in [-0.4, -0.2) is 20.6 Å². The number of imidazole rings is 1. The SMILES string of the molecule is O=C(O)CC1Cc2cncn2C1. The number of carboxylic acids is 1. The predicted octanol–water partition coefficient (Wildman–Crippen LogP) is 0.530. The van der Waals surface area contributed by atoms with Crippen molar-refractivity contribution in [3.63, 3.8) is 0 Å². The molecule has 0 fully saturated rings. The minimum absolute atomic E-state index is 0.264. The van der Waals surface area contributed by atoms with Crippen molar-refractivity contribution in [2.45, 2.75) is 19.4 Å². The molecule has 0 spiro atoms. The number of aliphatic carboxylic acids is 1. The smallest absolute Gasteiger partial charge is 0.303 e. The lowest BCUT2D eigenvalue weighted by molar-refractivity contribution is -0.138. The minimum Gasteiger partial charge on any atom is -0.481 e. The molecule has 12 heavy (non-hydrogen) atoms. The van der Waals surface area contributed by atoms with E-state index in [1.165, 1.54) is 0 Å². The van der Waals surface area contributed by atoms with Gasteiger partial charge in [0.2, 0.25) is 0 Å². The van der Waals surface area contributed by atoms with E-state index >= 15 is 0 Å². The molecular formula is C8H10N2O2. The third-order valence-electron chi connectivity index (χ3n) is 2.21. The molecule has 1 N–H and O–H groups in total. The van der Waals surface area contributed by atoms with Gasteiger partial charge in [0, 0.05) is 18.4 Å². The summed E-state index contributed by atoms with van der Waals surface area (Å²) < 4.78 is 2.02. The Morgan fingerprint density at radius 1 is 1.83 bits per heavy atom. The first-order valence-corrected chi connectivity index (χ1v) is 3.96. The van der Waals surface area contributed by atoms with Crippen LogP contribution in [0.15, 0.2) is 12.5 Å². The molecule has 1 aliphatic rings. The summed E-state index contributed by atoms with van der Waals surface area (Å²) in [6.45, 7) is 0.807. The van der Waals surface area contributed by atoms with Gasteiger partial charge in [-0.05, 0) is 12.3 Å². The molecule has 64 valence electrons. The normalized spacial score (nSPS) is 20.8. The Morgan fingerprint density at radius 3 is 3.33 bits per heavy atom. The Labute approximate surface area is 69.8 Å². The predicted molar refractivity (Wildman–Crippen MR) is 41.7 cm³/mol. The molecule has 2 heterocycles. The van der Waals surface area contributed by atoms with Gasteiger partial charge in [-0.3, -0.25) is 4.79 Å². The Bertz CT molecular complexity index is 285. The van der Waals surface area contributed by atoms with Gasteiger partial charge in [0.1, 0.15) is 0 Å². The van der Waals surface area contributed by atoms with E-state index in [1.807, 2.05) is 10.8 Å². The molecule has 1 aromatic rings. The quantitative estimate of drug-likeness (QED) is 0.697. The summed E-state index contributed by atoms with van der Waals surface area (Å²) >= 11 is 0. The van der Waals surface area contributed by atoms with E-state index in [1.54, 1.807) is 6.33 Å². The maximum atomic E-state index is 10.4. The highest BCUT2D eigenvalue weighted by molar-refractivity contribution is 5.67. The summed E-state index contributed by atoms with van der Waals surface area (Å²) in [7, 11) is 0. The molecule has 0 aromatic carbocycles. The minimum atomic E-state index is -0.710. The van der Waals surface area contributed by atoms with Crippen LogP contribution >= 0.6 is 0 Å². The van der Waals surface area contributed by atoms with Crippen molar-refractivity contribution in [2.75, 3.05) is 0 Å². The summed E-state index contributed by atoms with van der Waals surface area (Å²) in [6.07, 6.45) is 4.69. The van der Waals surface area contributed by atoms with Gasteiger partial charge in [-0.1, -0.05) is 0 Å². The van der Waals surface area contributed by atoms with Crippen LogP contribution in [0, 0.1) is 5.92 Å². The highest BCUT2D eigenvalue weighted by Crippen LogP contribution is 2.21. The van der Waals surface area contributed by atoms with E-state index in [-0.39, 0.29) is 12.3 Å². The molecule has 0 bridgehead atoms. The largest absolute Gasteiger partial charge is 0.481 e. The van der Waals surface area contributed by atoms with E-state index in [9.17, 15) is 4.79 Å². The first kappa shape index (κ1) is 7.34. The third-order valence-corrected chi connectivity index (χ3v) is 2.21. The van der Waals surface area contributed by atoms with Crippen molar-refractivity contribution >= 4 is 5.97 Å². The number of carboxylic acid groups (broad SMARTS) is 1. The van der Waals surface area contributed by atoms with Crippen molar-refractivity contribution < 1.29 is 9.90 Å². The standard InChI is InChI=1S/C8H10N2O2/c11-8(12)2-6-1-7-3-9-5-10(7)4-6/h3,5-6H,1-2,4H2,(H,11,12). The first-order valence-electron chi connectivity index (χ1n) is 3.96. The molecule has 0 radical (unpaired) electrons. The second kappa shape index (κ2) is 2.62. The Balaban J connectivity index is 2.03. The highest BCUT2D eigenvalue weighted by atomic mass is 16.4. The third kappa shape index (κ3) is 1.20. The Morgan fingerprint density at radius 2 is 2.67 bits per heavy atom. The molecule has 1 aliphatic heterocycles. The van der Waals surface area contributed by atoms with Crippen LogP contribution in [0.1, 0.15) is 12.1 Å². The van der Waals surface area contributed by atoms with Crippen LogP contribution in [0.2, 0.25) is 0 Å². The summed E-state index contributed by atoms with van der Waals surface area (Å²) in [4.78, 5) is 14.4. The summed E-state index contributed by atoms with van der Waals surface area (Å²) in [5.41, 5.74) is 1.15. The monoisotopic (exact) mass is 166 g/mol. The van der Waals surface area contributed by atoms with Gasteiger partial charge in [0.05, 0.1) is 12.7 Å². The zero-order valence-corrected chi connectivity index (χ0v) is 6.60. The van der Waals surface area contributed by atoms with Crippen LogP contribution in [0.25, 0.3) is 0 Å². The number of rotatable bonds is 2. The highest BCUT2D eigenvalue weighted by Gasteiger charge is 2.22. The van der Waals surface area contributed by atoms with Crippen molar-refractivity contribution in [1.29, 1.82) is 0 Å². The van der Waals surface area contributed by atoms with E-state index < -0.39 is 5.97 Å². The fourth-order valence-electron chi connectivity index (χ4n) is 1.70. The van der Waals surface area contributed by atoms with Crippen LogP contribution in [0.4, 0.5) is 0 Å². The number of nitrogens with zero attached hydrogens (tertiary/aromatic N) is 2. The number of hydrogen-bond donors (Lipinski definition) is 1. The summed E-state index contributed by atoms with van der Waals surface area (Å²) in [5.74, 6) is -0.445. The molecule has 0 aliphatic carbocycles. The van der Waals surface area contributed by atoms with Crippen molar-refractivity contribution in [3.8, 4) is 0 Å². The maximum absolute atomic E-state index is 10.4.